The van der Waals surface area contributed by atoms with E-state index >= 15 is 0 Å². The molecule has 0 saturated heterocycles. The fraction of sp³-hybridized carbons (Fsp3) is 0.0606. The van der Waals surface area contributed by atoms with Crippen molar-refractivity contribution in [2.75, 3.05) is 0 Å². The Morgan fingerprint density at radius 3 is 2.00 bits per heavy atom. The Hall–Kier alpha value is -4.63. The van der Waals surface area contributed by atoms with Gasteiger partial charge in [0.25, 0.3) is 0 Å². The molecular formula is C33H23N3. The first kappa shape index (κ1) is 19.7. The second-order valence-electron chi connectivity index (χ2n) is 9.59. The average Bonchev–Trinajstić information content (AvgIpc) is 3.44. The largest absolute Gasteiger partial charge is 0.311 e. The van der Waals surface area contributed by atoms with Gasteiger partial charge in [0.05, 0.1) is 33.1 Å². The molecule has 36 heavy (non-hydrogen) atoms. The SMILES string of the molecule is C1=CCCC(n2c3ccccc3c3nc4c5ccccc5n(-c5ccc6ccccc6c5)c4cc32)=C1. The van der Waals surface area contributed by atoms with E-state index in [1.165, 1.54) is 38.3 Å². The van der Waals surface area contributed by atoms with Crippen molar-refractivity contribution in [3.8, 4) is 5.69 Å². The highest BCUT2D eigenvalue weighted by Gasteiger charge is 2.20. The molecule has 0 N–H and O–H groups in total. The number of para-hydroxylation sites is 2. The zero-order valence-electron chi connectivity index (χ0n) is 19.7. The molecule has 0 saturated carbocycles. The lowest BCUT2D eigenvalue weighted by atomic mass is 10.1. The molecule has 0 spiro atoms. The summed E-state index contributed by atoms with van der Waals surface area (Å²) in [5.74, 6) is 0. The number of pyridine rings is 1. The van der Waals surface area contributed by atoms with E-state index < -0.39 is 0 Å². The first-order valence-corrected chi connectivity index (χ1v) is 12.6. The van der Waals surface area contributed by atoms with Crippen LogP contribution in [0.1, 0.15) is 12.8 Å². The maximum absolute atomic E-state index is 5.37. The van der Waals surface area contributed by atoms with Crippen LogP contribution in [0.5, 0.6) is 0 Å². The van der Waals surface area contributed by atoms with Crippen molar-refractivity contribution in [2.24, 2.45) is 0 Å². The highest BCUT2D eigenvalue weighted by molar-refractivity contribution is 6.15. The zero-order chi connectivity index (χ0) is 23.6. The van der Waals surface area contributed by atoms with Crippen molar-refractivity contribution in [1.82, 2.24) is 14.1 Å². The molecule has 7 aromatic rings. The van der Waals surface area contributed by atoms with Gasteiger partial charge < -0.3 is 9.13 Å². The molecule has 3 heteroatoms. The van der Waals surface area contributed by atoms with Crippen molar-refractivity contribution in [1.29, 1.82) is 0 Å². The van der Waals surface area contributed by atoms with E-state index in [1.807, 2.05) is 0 Å². The molecule has 1 aliphatic carbocycles. The van der Waals surface area contributed by atoms with Gasteiger partial charge in [-0.2, -0.15) is 0 Å². The topological polar surface area (TPSA) is 22.8 Å². The van der Waals surface area contributed by atoms with E-state index in [2.05, 4.69) is 124 Å². The van der Waals surface area contributed by atoms with Gasteiger partial charge in [0.2, 0.25) is 0 Å². The van der Waals surface area contributed by atoms with E-state index in [0.717, 1.165) is 40.6 Å². The highest BCUT2D eigenvalue weighted by atomic mass is 15.0. The van der Waals surface area contributed by atoms with Gasteiger partial charge in [0.15, 0.2) is 0 Å². The van der Waals surface area contributed by atoms with Crippen LogP contribution in [-0.2, 0) is 0 Å². The van der Waals surface area contributed by atoms with Crippen LogP contribution in [0.2, 0.25) is 0 Å². The molecule has 3 heterocycles. The third-order valence-corrected chi connectivity index (χ3v) is 7.53. The predicted octanol–water partition coefficient (Wildman–Crippen LogP) is 8.63. The first-order valence-electron chi connectivity index (χ1n) is 12.6. The zero-order valence-corrected chi connectivity index (χ0v) is 19.7. The van der Waals surface area contributed by atoms with E-state index in [4.69, 9.17) is 4.98 Å². The molecular weight excluding hydrogens is 438 g/mol. The molecule has 0 unspecified atom stereocenters. The lowest BCUT2D eigenvalue weighted by Gasteiger charge is -2.14. The standard InChI is InChI=1S/C33H23N3/c1-2-12-24(13-3-1)35-28-16-8-6-14-26(28)32-30(35)21-31-33(34-32)27-15-7-9-17-29(27)36(31)25-19-18-22-10-4-5-11-23(22)20-25/h1-2,4-12,14-21H,3,13H2. The number of aromatic nitrogens is 3. The molecule has 0 radical (unpaired) electrons. The quantitative estimate of drug-likeness (QED) is 0.253. The minimum Gasteiger partial charge on any atom is -0.311 e. The van der Waals surface area contributed by atoms with Gasteiger partial charge >= 0.3 is 0 Å². The van der Waals surface area contributed by atoms with E-state index in [-0.39, 0.29) is 0 Å². The maximum Gasteiger partial charge on any atom is 0.0972 e. The number of benzene rings is 4. The van der Waals surface area contributed by atoms with Crippen molar-refractivity contribution in [2.45, 2.75) is 12.8 Å². The molecule has 0 fully saturated rings. The summed E-state index contributed by atoms with van der Waals surface area (Å²) < 4.78 is 4.80. The third kappa shape index (κ3) is 2.71. The Bertz CT molecular complexity index is 2050. The fourth-order valence-corrected chi connectivity index (χ4v) is 5.91. The molecule has 1 aliphatic rings. The van der Waals surface area contributed by atoms with Crippen LogP contribution in [0.15, 0.2) is 115 Å². The second kappa shape index (κ2) is 7.43. The molecule has 0 amide bonds. The lowest BCUT2D eigenvalue weighted by Crippen LogP contribution is -1.99. The van der Waals surface area contributed by atoms with Gasteiger partial charge in [0, 0.05) is 22.2 Å². The van der Waals surface area contributed by atoms with Crippen LogP contribution in [-0.4, -0.2) is 14.1 Å². The molecule has 8 rings (SSSR count). The van der Waals surface area contributed by atoms with Gasteiger partial charge in [0.1, 0.15) is 0 Å². The van der Waals surface area contributed by atoms with Gasteiger partial charge in [-0.1, -0.05) is 78.9 Å². The number of rotatable bonds is 2. The van der Waals surface area contributed by atoms with E-state index in [0.29, 0.717) is 0 Å². The Morgan fingerprint density at radius 1 is 0.583 bits per heavy atom. The molecule has 3 aromatic heterocycles. The summed E-state index contributed by atoms with van der Waals surface area (Å²) >= 11 is 0. The van der Waals surface area contributed by atoms with Gasteiger partial charge in [-0.3, -0.25) is 0 Å². The van der Waals surface area contributed by atoms with Crippen LogP contribution >= 0.6 is 0 Å². The molecule has 170 valence electrons. The summed E-state index contributed by atoms with van der Waals surface area (Å²) in [6.45, 7) is 0. The number of hydrogen-bond donors (Lipinski definition) is 0. The lowest BCUT2D eigenvalue weighted by molar-refractivity contribution is 0.979. The Morgan fingerprint density at radius 2 is 1.25 bits per heavy atom. The molecule has 0 aliphatic heterocycles. The van der Waals surface area contributed by atoms with Crippen LogP contribution in [0, 0.1) is 0 Å². The Labute approximate surface area is 208 Å². The van der Waals surface area contributed by atoms with Crippen molar-refractivity contribution in [3.05, 3.63) is 115 Å². The van der Waals surface area contributed by atoms with Gasteiger partial charge in [-0.05, 0) is 60.0 Å². The summed E-state index contributed by atoms with van der Waals surface area (Å²) in [6, 6.07) is 34.9. The smallest absolute Gasteiger partial charge is 0.0972 e. The number of fused-ring (bicyclic) bond motifs is 7. The van der Waals surface area contributed by atoms with Crippen molar-refractivity contribution in [3.63, 3.8) is 0 Å². The van der Waals surface area contributed by atoms with Gasteiger partial charge in [-0.15, -0.1) is 0 Å². The van der Waals surface area contributed by atoms with Gasteiger partial charge in [-0.25, -0.2) is 4.98 Å². The Balaban J connectivity index is 1.54. The number of hydrogen-bond acceptors (Lipinski definition) is 1. The maximum atomic E-state index is 5.37. The minimum absolute atomic E-state index is 1.02. The summed E-state index contributed by atoms with van der Waals surface area (Å²) in [5, 5.41) is 4.87. The highest BCUT2D eigenvalue weighted by Crippen LogP contribution is 2.38. The van der Waals surface area contributed by atoms with Crippen molar-refractivity contribution < 1.29 is 0 Å². The predicted molar refractivity (Wildman–Crippen MR) is 152 cm³/mol. The monoisotopic (exact) mass is 461 g/mol. The first-order chi connectivity index (χ1) is 17.9. The van der Waals surface area contributed by atoms with Crippen LogP contribution in [0.4, 0.5) is 0 Å². The summed E-state index contributed by atoms with van der Waals surface area (Å²) in [5.41, 5.74) is 9.28. The second-order valence-corrected chi connectivity index (χ2v) is 9.59. The van der Waals surface area contributed by atoms with Crippen LogP contribution < -0.4 is 0 Å². The molecule has 0 bridgehead atoms. The summed E-state index contributed by atoms with van der Waals surface area (Å²) in [7, 11) is 0. The summed E-state index contributed by atoms with van der Waals surface area (Å²) in [4.78, 5) is 5.37. The van der Waals surface area contributed by atoms with Crippen LogP contribution in [0.25, 0.3) is 66.0 Å². The fourth-order valence-electron chi connectivity index (χ4n) is 5.91. The van der Waals surface area contributed by atoms with E-state index in [1.54, 1.807) is 0 Å². The molecule has 3 nitrogen and oxygen atoms in total. The normalized spacial score (nSPS) is 13.9. The van der Waals surface area contributed by atoms with E-state index in [9.17, 15) is 0 Å². The number of nitrogens with zero attached hydrogens (tertiary/aromatic N) is 3. The summed E-state index contributed by atoms with van der Waals surface area (Å²) in [6.07, 6.45) is 8.75. The Kier molecular flexibility index (Phi) is 4.06. The third-order valence-electron chi connectivity index (χ3n) is 7.53. The molecule has 4 aromatic carbocycles. The minimum atomic E-state index is 1.02. The molecule has 0 atom stereocenters. The van der Waals surface area contributed by atoms with Crippen LogP contribution in [0.3, 0.4) is 0 Å². The van der Waals surface area contributed by atoms with Crippen molar-refractivity contribution >= 4 is 60.3 Å². The number of allylic oxidation sites excluding steroid dienone is 4. The average molecular weight is 462 g/mol.